The molecule has 88 valence electrons. The summed E-state index contributed by atoms with van der Waals surface area (Å²) in [5, 5.41) is 2.83. The fourth-order valence-electron chi connectivity index (χ4n) is 2.13. The van der Waals surface area contributed by atoms with Crippen molar-refractivity contribution in [1.29, 1.82) is 0 Å². The molecule has 1 rings (SSSR count). The van der Waals surface area contributed by atoms with Gasteiger partial charge < -0.3 is 11.1 Å². The first kappa shape index (κ1) is 12.5. The molecule has 1 aliphatic heterocycles. The molecule has 0 aromatic heterocycles. The van der Waals surface area contributed by atoms with E-state index in [1.807, 2.05) is 6.92 Å². The van der Waals surface area contributed by atoms with Crippen molar-refractivity contribution < 1.29 is 4.79 Å². The quantitative estimate of drug-likeness (QED) is 0.692. The lowest BCUT2D eigenvalue weighted by molar-refractivity contribution is -0.122. The van der Waals surface area contributed by atoms with Gasteiger partial charge in [0.05, 0.1) is 0 Å². The predicted octanol–water partition coefficient (Wildman–Crippen LogP) is 0.326. The highest BCUT2D eigenvalue weighted by Crippen LogP contribution is 2.13. The maximum Gasteiger partial charge on any atom is 0.221 e. The standard InChI is InChI=1S/C11H23N3O/c1-2-13-11(15)8-10(9-12)14-6-4-3-5-7-14/h10H,2-9,12H2,1H3,(H,13,15). The fraction of sp³-hybridized carbons (Fsp3) is 0.909. The van der Waals surface area contributed by atoms with Gasteiger partial charge >= 0.3 is 0 Å². The van der Waals surface area contributed by atoms with Crippen LogP contribution >= 0.6 is 0 Å². The number of nitrogens with zero attached hydrogens (tertiary/aromatic N) is 1. The monoisotopic (exact) mass is 213 g/mol. The minimum atomic E-state index is 0.124. The zero-order valence-electron chi connectivity index (χ0n) is 9.67. The zero-order valence-corrected chi connectivity index (χ0v) is 9.67. The molecule has 1 saturated heterocycles. The highest BCUT2D eigenvalue weighted by molar-refractivity contribution is 5.76. The molecule has 0 bridgehead atoms. The summed E-state index contributed by atoms with van der Waals surface area (Å²) in [4.78, 5) is 13.8. The molecule has 1 amide bonds. The molecule has 1 unspecified atom stereocenters. The Morgan fingerprint density at radius 1 is 1.40 bits per heavy atom. The van der Waals surface area contributed by atoms with E-state index in [9.17, 15) is 4.79 Å². The number of amides is 1. The molecule has 0 radical (unpaired) electrons. The van der Waals surface area contributed by atoms with Crippen molar-refractivity contribution >= 4 is 5.91 Å². The van der Waals surface area contributed by atoms with Crippen LogP contribution in [0.4, 0.5) is 0 Å². The summed E-state index contributed by atoms with van der Waals surface area (Å²) in [6, 6.07) is 0.233. The van der Waals surface area contributed by atoms with Crippen molar-refractivity contribution in [2.45, 2.75) is 38.6 Å². The van der Waals surface area contributed by atoms with E-state index < -0.39 is 0 Å². The van der Waals surface area contributed by atoms with Crippen molar-refractivity contribution in [1.82, 2.24) is 10.2 Å². The molecule has 1 aliphatic rings. The number of carbonyl (C=O) groups excluding carboxylic acids is 1. The molecule has 4 heteroatoms. The third-order valence-electron chi connectivity index (χ3n) is 2.97. The largest absolute Gasteiger partial charge is 0.356 e. The average Bonchev–Trinajstić information content (AvgIpc) is 2.27. The molecule has 1 atom stereocenters. The molecule has 3 N–H and O–H groups in total. The lowest BCUT2D eigenvalue weighted by Gasteiger charge is -2.33. The molecule has 1 heterocycles. The van der Waals surface area contributed by atoms with Crippen LogP contribution in [0.5, 0.6) is 0 Å². The summed E-state index contributed by atoms with van der Waals surface area (Å²) in [6.07, 6.45) is 4.34. The number of hydrogen-bond donors (Lipinski definition) is 2. The third kappa shape index (κ3) is 4.18. The summed E-state index contributed by atoms with van der Waals surface area (Å²) in [6.45, 7) is 5.42. The molecule has 1 fully saturated rings. The van der Waals surface area contributed by atoms with Crippen LogP contribution in [-0.2, 0) is 4.79 Å². The number of likely N-dealkylation sites (tertiary alicyclic amines) is 1. The molecule has 0 spiro atoms. The Bertz CT molecular complexity index is 190. The lowest BCUT2D eigenvalue weighted by Crippen LogP contribution is -2.46. The Morgan fingerprint density at radius 2 is 2.07 bits per heavy atom. The normalized spacial score (nSPS) is 19.9. The Hall–Kier alpha value is -0.610. The van der Waals surface area contributed by atoms with Crippen molar-refractivity contribution in [3.63, 3.8) is 0 Å². The summed E-state index contributed by atoms with van der Waals surface area (Å²) >= 11 is 0. The van der Waals surface area contributed by atoms with Gasteiger partial charge in [0.1, 0.15) is 0 Å². The van der Waals surface area contributed by atoms with Gasteiger partial charge in [-0.1, -0.05) is 6.42 Å². The van der Waals surface area contributed by atoms with Gasteiger partial charge in [-0.25, -0.2) is 0 Å². The Kier molecular flexibility index (Phi) is 5.65. The summed E-state index contributed by atoms with van der Waals surface area (Å²) in [5.41, 5.74) is 5.73. The van der Waals surface area contributed by atoms with Crippen LogP contribution in [0.2, 0.25) is 0 Å². The average molecular weight is 213 g/mol. The second kappa shape index (κ2) is 6.80. The fourth-order valence-corrected chi connectivity index (χ4v) is 2.13. The van der Waals surface area contributed by atoms with Crippen molar-refractivity contribution in [2.24, 2.45) is 5.73 Å². The second-order valence-electron chi connectivity index (χ2n) is 4.14. The van der Waals surface area contributed by atoms with E-state index in [1.165, 1.54) is 19.3 Å². The first-order valence-corrected chi connectivity index (χ1v) is 5.98. The van der Waals surface area contributed by atoms with Gasteiger partial charge in [-0.2, -0.15) is 0 Å². The van der Waals surface area contributed by atoms with Crippen molar-refractivity contribution in [3.05, 3.63) is 0 Å². The summed E-state index contributed by atoms with van der Waals surface area (Å²) in [5.74, 6) is 0.124. The first-order chi connectivity index (χ1) is 7.27. The molecule has 4 nitrogen and oxygen atoms in total. The van der Waals surface area contributed by atoms with E-state index in [0.717, 1.165) is 13.1 Å². The van der Waals surface area contributed by atoms with Crippen molar-refractivity contribution in [2.75, 3.05) is 26.2 Å². The highest BCUT2D eigenvalue weighted by Gasteiger charge is 2.21. The molecular formula is C11H23N3O. The van der Waals surface area contributed by atoms with Crippen LogP contribution in [0, 0.1) is 0 Å². The van der Waals surface area contributed by atoms with Gasteiger partial charge in [-0.05, 0) is 32.9 Å². The third-order valence-corrected chi connectivity index (χ3v) is 2.97. The topological polar surface area (TPSA) is 58.4 Å². The van der Waals surface area contributed by atoms with Crippen LogP contribution in [0.3, 0.4) is 0 Å². The van der Waals surface area contributed by atoms with Crippen LogP contribution in [0.25, 0.3) is 0 Å². The molecule has 0 aliphatic carbocycles. The number of hydrogen-bond acceptors (Lipinski definition) is 3. The Balaban J connectivity index is 2.36. The van der Waals surface area contributed by atoms with Crippen molar-refractivity contribution in [3.8, 4) is 0 Å². The van der Waals surface area contributed by atoms with Gasteiger partial charge in [-0.3, -0.25) is 9.69 Å². The van der Waals surface area contributed by atoms with E-state index in [1.54, 1.807) is 0 Å². The molecule has 0 saturated carbocycles. The first-order valence-electron chi connectivity index (χ1n) is 5.98. The van der Waals surface area contributed by atoms with Crippen LogP contribution in [-0.4, -0.2) is 43.0 Å². The van der Waals surface area contributed by atoms with Crippen LogP contribution in [0.15, 0.2) is 0 Å². The smallest absolute Gasteiger partial charge is 0.221 e. The second-order valence-corrected chi connectivity index (χ2v) is 4.14. The van der Waals surface area contributed by atoms with Gasteiger partial charge in [0.25, 0.3) is 0 Å². The van der Waals surface area contributed by atoms with E-state index in [4.69, 9.17) is 5.73 Å². The van der Waals surface area contributed by atoms with Gasteiger partial charge in [-0.15, -0.1) is 0 Å². The van der Waals surface area contributed by atoms with Gasteiger partial charge in [0, 0.05) is 25.6 Å². The van der Waals surface area contributed by atoms with Crippen LogP contribution in [0.1, 0.15) is 32.6 Å². The number of carbonyl (C=O) groups is 1. The van der Waals surface area contributed by atoms with E-state index in [-0.39, 0.29) is 11.9 Å². The number of rotatable bonds is 5. The number of piperidine rings is 1. The highest BCUT2D eigenvalue weighted by atomic mass is 16.1. The number of nitrogens with two attached hydrogens (primary N) is 1. The Labute approximate surface area is 92.2 Å². The van der Waals surface area contributed by atoms with Crippen LogP contribution < -0.4 is 11.1 Å². The molecular weight excluding hydrogens is 190 g/mol. The molecule has 0 aromatic rings. The minimum Gasteiger partial charge on any atom is -0.356 e. The minimum absolute atomic E-state index is 0.124. The molecule has 15 heavy (non-hydrogen) atoms. The summed E-state index contributed by atoms with van der Waals surface area (Å²) < 4.78 is 0. The molecule has 0 aromatic carbocycles. The predicted molar refractivity (Wildman–Crippen MR) is 61.6 cm³/mol. The SMILES string of the molecule is CCNC(=O)CC(CN)N1CCCCC1. The number of nitrogens with one attached hydrogen (secondary N) is 1. The Morgan fingerprint density at radius 3 is 2.60 bits per heavy atom. The van der Waals surface area contributed by atoms with E-state index >= 15 is 0 Å². The van der Waals surface area contributed by atoms with Gasteiger partial charge in [0.2, 0.25) is 5.91 Å². The van der Waals surface area contributed by atoms with Gasteiger partial charge in [0.15, 0.2) is 0 Å². The lowest BCUT2D eigenvalue weighted by atomic mass is 10.1. The zero-order chi connectivity index (χ0) is 11.1. The maximum atomic E-state index is 11.5. The summed E-state index contributed by atoms with van der Waals surface area (Å²) in [7, 11) is 0. The van der Waals surface area contributed by atoms with E-state index in [0.29, 0.717) is 19.5 Å². The maximum absolute atomic E-state index is 11.5. The van der Waals surface area contributed by atoms with E-state index in [2.05, 4.69) is 10.2 Å².